The van der Waals surface area contributed by atoms with E-state index in [1.165, 1.54) is 16.8 Å². The number of aromatic nitrogens is 1. The number of benzene rings is 1. The Balaban J connectivity index is 2.35. The smallest absolute Gasteiger partial charge is 0.325 e. The summed E-state index contributed by atoms with van der Waals surface area (Å²) in [5.41, 5.74) is -0.625. The SMILES string of the molecule is CC(=CC(C(C)C)N(C)C(=O)CNC(=O)C(N(C)C(=O)C(=O)C(C)(C)C)C(C)(C)c1cn(C)c2ccccc12)C(=O)NCC(=O)OC(C)(C)C. The van der Waals surface area contributed by atoms with Crippen molar-refractivity contribution in [3.63, 3.8) is 0 Å². The van der Waals surface area contributed by atoms with Gasteiger partial charge in [0.1, 0.15) is 18.2 Å². The molecule has 2 N–H and O–H groups in total. The summed E-state index contributed by atoms with van der Waals surface area (Å²) < 4.78 is 7.19. The maximum absolute atomic E-state index is 14.1. The number of fused-ring (bicyclic) bond motifs is 1. The van der Waals surface area contributed by atoms with Crippen LogP contribution in [-0.4, -0.2) is 94.6 Å². The van der Waals surface area contributed by atoms with Crippen LogP contribution in [0.15, 0.2) is 42.1 Å². The largest absolute Gasteiger partial charge is 0.459 e. The first-order valence-corrected chi connectivity index (χ1v) is 16.9. The van der Waals surface area contributed by atoms with Crippen LogP contribution in [0.25, 0.3) is 10.9 Å². The molecular formula is C38H57N5O7. The zero-order chi connectivity index (χ0) is 38.5. The topological polar surface area (TPSA) is 147 Å². The molecule has 1 aromatic heterocycles. The number of nitrogens with zero attached hydrogens (tertiary/aromatic N) is 3. The molecule has 0 aliphatic carbocycles. The monoisotopic (exact) mass is 695 g/mol. The van der Waals surface area contributed by atoms with Crippen LogP contribution in [0, 0.1) is 11.3 Å². The third-order valence-electron chi connectivity index (χ3n) is 8.64. The van der Waals surface area contributed by atoms with Gasteiger partial charge < -0.3 is 29.7 Å². The second-order valence-electron chi connectivity index (χ2n) is 15.9. The van der Waals surface area contributed by atoms with Crippen molar-refractivity contribution >= 4 is 46.3 Å². The predicted molar refractivity (Wildman–Crippen MR) is 194 cm³/mol. The van der Waals surface area contributed by atoms with Gasteiger partial charge in [-0.25, -0.2) is 0 Å². The number of carbonyl (C=O) groups is 6. The van der Waals surface area contributed by atoms with Crippen LogP contribution in [0.4, 0.5) is 0 Å². The van der Waals surface area contributed by atoms with Crippen molar-refractivity contribution < 1.29 is 33.5 Å². The Kier molecular flexibility index (Phi) is 13.4. The number of amides is 4. The van der Waals surface area contributed by atoms with Gasteiger partial charge in [-0.2, -0.15) is 0 Å². The number of carbonyl (C=O) groups excluding carboxylic acids is 6. The van der Waals surface area contributed by atoms with Gasteiger partial charge in [-0.05, 0) is 45.2 Å². The van der Waals surface area contributed by atoms with Crippen molar-refractivity contribution in [2.45, 2.75) is 99.3 Å². The number of hydrogen-bond acceptors (Lipinski definition) is 7. The van der Waals surface area contributed by atoms with Crippen LogP contribution in [0.1, 0.15) is 81.7 Å². The minimum atomic E-state index is -1.16. The van der Waals surface area contributed by atoms with Gasteiger partial charge >= 0.3 is 5.97 Å². The van der Waals surface area contributed by atoms with Crippen molar-refractivity contribution in [3.05, 3.63) is 47.7 Å². The number of nitrogens with one attached hydrogen (secondary N) is 2. The number of Topliss-reactive ketones (excluding diaryl/α,β-unsaturated/α-hetero) is 1. The number of ether oxygens (including phenoxy) is 1. The molecule has 276 valence electrons. The lowest BCUT2D eigenvalue weighted by molar-refractivity contribution is -0.154. The van der Waals surface area contributed by atoms with E-state index in [4.69, 9.17) is 4.74 Å². The molecule has 0 saturated heterocycles. The highest BCUT2D eigenvalue weighted by Gasteiger charge is 2.45. The van der Waals surface area contributed by atoms with E-state index in [2.05, 4.69) is 10.6 Å². The van der Waals surface area contributed by atoms with Crippen LogP contribution in [-0.2, 0) is 46.0 Å². The average Bonchev–Trinajstić information content (AvgIpc) is 3.35. The summed E-state index contributed by atoms with van der Waals surface area (Å²) >= 11 is 0. The Labute approximate surface area is 296 Å². The Morgan fingerprint density at radius 1 is 0.880 bits per heavy atom. The van der Waals surface area contributed by atoms with Gasteiger partial charge in [-0.1, -0.05) is 72.7 Å². The van der Waals surface area contributed by atoms with Crippen LogP contribution < -0.4 is 10.6 Å². The van der Waals surface area contributed by atoms with Crippen LogP contribution in [0.5, 0.6) is 0 Å². The number of esters is 1. The van der Waals surface area contributed by atoms with E-state index in [1.54, 1.807) is 61.6 Å². The summed E-state index contributed by atoms with van der Waals surface area (Å²) in [6.45, 7) is 18.5. The summed E-state index contributed by atoms with van der Waals surface area (Å²) in [5.74, 6) is -3.64. The van der Waals surface area contributed by atoms with Gasteiger partial charge in [0, 0.05) is 54.6 Å². The quantitative estimate of drug-likeness (QED) is 0.184. The van der Waals surface area contributed by atoms with Gasteiger partial charge in [-0.15, -0.1) is 0 Å². The first-order valence-electron chi connectivity index (χ1n) is 16.9. The fourth-order valence-corrected chi connectivity index (χ4v) is 5.89. The van der Waals surface area contributed by atoms with Crippen molar-refractivity contribution in [1.82, 2.24) is 25.0 Å². The van der Waals surface area contributed by atoms with E-state index in [0.29, 0.717) is 5.57 Å². The Morgan fingerprint density at radius 2 is 1.46 bits per heavy atom. The summed E-state index contributed by atoms with van der Waals surface area (Å²) in [4.78, 5) is 81.8. The fraction of sp³-hybridized carbons (Fsp3) is 0.579. The number of rotatable bonds is 13. The average molecular weight is 696 g/mol. The van der Waals surface area contributed by atoms with E-state index in [9.17, 15) is 28.8 Å². The molecule has 0 saturated carbocycles. The Bertz CT molecular complexity index is 1640. The normalized spacial score (nSPS) is 13.8. The number of hydrogen-bond donors (Lipinski definition) is 2. The van der Waals surface area contributed by atoms with Gasteiger partial charge in [0.05, 0.1) is 12.6 Å². The van der Waals surface area contributed by atoms with Gasteiger partial charge in [0.15, 0.2) is 0 Å². The maximum Gasteiger partial charge on any atom is 0.325 e. The molecule has 12 heteroatoms. The van der Waals surface area contributed by atoms with E-state index in [1.807, 2.05) is 69.8 Å². The van der Waals surface area contributed by atoms with Gasteiger partial charge in [0.2, 0.25) is 23.5 Å². The molecule has 0 fully saturated rings. The predicted octanol–water partition coefficient (Wildman–Crippen LogP) is 3.90. The lowest BCUT2D eigenvalue weighted by Crippen LogP contribution is -2.59. The van der Waals surface area contributed by atoms with E-state index in [-0.39, 0.29) is 12.5 Å². The van der Waals surface area contributed by atoms with Crippen molar-refractivity contribution in [2.75, 3.05) is 27.2 Å². The molecule has 4 amide bonds. The number of ketones is 1. The Morgan fingerprint density at radius 3 is 2.00 bits per heavy atom. The summed E-state index contributed by atoms with van der Waals surface area (Å²) in [7, 11) is 4.92. The zero-order valence-corrected chi connectivity index (χ0v) is 32.3. The minimum absolute atomic E-state index is 0.113. The molecule has 1 heterocycles. The molecule has 12 nitrogen and oxygen atoms in total. The van der Waals surface area contributed by atoms with Gasteiger partial charge in [0.25, 0.3) is 5.91 Å². The molecule has 2 rings (SSSR count). The summed E-state index contributed by atoms with van der Waals surface area (Å²) in [5, 5.41) is 6.18. The number of likely N-dealkylation sites (N-methyl/N-ethyl adjacent to an activating group) is 2. The first-order chi connectivity index (χ1) is 22.8. The molecule has 2 aromatic rings. The van der Waals surface area contributed by atoms with Crippen molar-refractivity contribution in [3.8, 4) is 0 Å². The third-order valence-corrected chi connectivity index (χ3v) is 8.64. The molecule has 0 aliphatic rings. The molecular weight excluding hydrogens is 638 g/mol. The van der Waals surface area contributed by atoms with Crippen LogP contribution in [0.2, 0.25) is 0 Å². The van der Waals surface area contributed by atoms with E-state index >= 15 is 0 Å². The number of para-hydroxylation sites is 1. The van der Waals surface area contributed by atoms with Crippen molar-refractivity contribution in [1.29, 1.82) is 0 Å². The molecule has 2 atom stereocenters. The number of aryl methyl sites for hydroxylation is 1. The molecule has 0 radical (unpaired) electrons. The Hall–Kier alpha value is -4.48. The third kappa shape index (κ3) is 10.3. The summed E-state index contributed by atoms with van der Waals surface area (Å²) in [6, 6.07) is 6.03. The lowest BCUT2D eigenvalue weighted by Gasteiger charge is -2.39. The molecule has 0 spiro atoms. The van der Waals surface area contributed by atoms with E-state index < -0.39 is 70.4 Å². The molecule has 50 heavy (non-hydrogen) atoms. The molecule has 1 aromatic carbocycles. The highest BCUT2D eigenvalue weighted by atomic mass is 16.6. The minimum Gasteiger partial charge on any atom is -0.459 e. The van der Waals surface area contributed by atoms with Crippen LogP contribution in [0.3, 0.4) is 0 Å². The highest BCUT2D eigenvalue weighted by molar-refractivity contribution is 6.38. The second kappa shape index (κ2) is 16.0. The van der Waals surface area contributed by atoms with Crippen molar-refractivity contribution in [2.24, 2.45) is 18.4 Å². The van der Waals surface area contributed by atoms with Gasteiger partial charge in [-0.3, -0.25) is 28.8 Å². The first kappa shape index (κ1) is 41.7. The zero-order valence-electron chi connectivity index (χ0n) is 32.3. The second-order valence-corrected chi connectivity index (χ2v) is 15.9. The highest BCUT2D eigenvalue weighted by Crippen LogP contribution is 2.37. The lowest BCUT2D eigenvalue weighted by atomic mass is 9.76. The van der Waals surface area contributed by atoms with E-state index in [0.717, 1.165) is 16.5 Å². The fourth-order valence-electron chi connectivity index (χ4n) is 5.89. The van der Waals surface area contributed by atoms with Crippen LogP contribution >= 0.6 is 0 Å². The maximum atomic E-state index is 14.1. The summed E-state index contributed by atoms with van der Waals surface area (Å²) in [6.07, 6.45) is 3.56. The standard InChI is InChI=1S/C38H57N5O7/c1-23(2)28(19-24(3)33(47)40-21-30(45)50-37(7,8)9)42(13)29(44)20-39-34(48)31(43(14)35(49)32(46)36(4,5)6)38(10,11)26-22-41(12)27-18-16-15-17-25(26)27/h15-19,22-23,28,31H,20-21H2,1-14H3,(H,39,48)(H,40,47). The molecule has 2 unspecified atom stereocenters. The molecule has 0 bridgehead atoms. The molecule has 0 aliphatic heterocycles.